The molecule has 2 aromatic rings. The molecule has 3 aliphatic heterocycles. The van der Waals surface area contributed by atoms with Gasteiger partial charge in [0, 0.05) is 43.8 Å². The van der Waals surface area contributed by atoms with Gasteiger partial charge in [-0.25, -0.2) is 4.98 Å². The van der Waals surface area contributed by atoms with E-state index in [0.717, 1.165) is 29.7 Å². The van der Waals surface area contributed by atoms with E-state index in [1.807, 2.05) is 22.4 Å². The first-order valence-corrected chi connectivity index (χ1v) is 13.1. The zero-order valence-electron chi connectivity index (χ0n) is 20.0. The van der Waals surface area contributed by atoms with Crippen molar-refractivity contribution in [2.45, 2.75) is 32.1 Å². The van der Waals surface area contributed by atoms with Gasteiger partial charge in [0.25, 0.3) is 0 Å². The van der Waals surface area contributed by atoms with E-state index >= 15 is 0 Å². The minimum Gasteiger partial charge on any atom is -0.387 e. The van der Waals surface area contributed by atoms with Crippen LogP contribution in [0.5, 0.6) is 0 Å². The summed E-state index contributed by atoms with van der Waals surface area (Å²) in [5, 5.41) is 14.0. The summed E-state index contributed by atoms with van der Waals surface area (Å²) in [6.45, 7) is 1.75. The molecule has 5 rings (SSSR count). The van der Waals surface area contributed by atoms with Crippen LogP contribution in [0.1, 0.15) is 42.5 Å². The normalized spacial score (nSPS) is 19.4. The Morgan fingerprint density at radius 2 is 1.94 bits per heavy atom. The average molecular weight is 508 g/mol. The second-order valence-corrected chi connectivity index (χ2v) is 10.3. The number of amides is 3. The van der Waals surface area contributed by atoms with Crippen molar-refractivity contribution in [2.75, 3.05) is 38.1 Å². The van der Waals surface area contributed by atoms with Crippen molar-refractivity contribution in [3.8, 4) is 0 Å². The molecule has 0 atom stereocenters. The molecule has 0 aromatic carbocycles. The largest absolute Gasteiger partial charge is 0.387 e. The summed E-state index contributed by atoms with van der Waals surface area (Å²) < 4.78 is 4.32. The Hall–Kier alpha value is -3.37. The molecule has 9 nitrogen and oxygen atoms in total. The minimum atomic E-state index is -0.587. The number of aromatic nitrogens is 2. The highest BCUT2D eigenvalue weighted by molar-refractivity contribution is 7.03. The molecule has 10 heteroatoms. The smallest absolute Gasteiger partial charge is 0.248 e. The molecule has 0 bridgehead atoms. The van der Waals surface area contributed by atoms with Gasteiger partial charge in [-0.1, -0.05) is 5.57 Å². The molecule has 5 heterocycles. The van der Waals surface area contributed by atoms with Crippen molar-refractivity contribution in [1.82, 2.24) is 19.2 Å². The quantitative estimate of drug-likeness (QED) is 0.614. The number of nitrogens with one attached hydrogen (secondary N) is 1. The minimum absolute atomic E-state index is 0.0221. The monoisotopic (exact) mass is 507 g/mol. The van der Waals surface area contributed by atoms with E-state index in [9.17, 15) is 14.4 Å². The number of fused-ring (bicyclic) bond motifs is 1. The number of aliphatic hydroxyl groups excluding tert-OH is 1. The number of hydrogen-bond acceptors (Lipinski definition) is 7. The van der Waals surface area contributed by atoms with Gasteiger partial charge < -0.3 is 20.2 Å². The fourth-order valence-electron chi connectivity index (χ4n) is 5.18. The van der Waals surface area contributed by atoms with Gasteiger partial charge in [0.1, 0.15) is 12.4 Å². The molecular formula is C26H29N5O4S. The molecule has 0 radical (unpaired) electrons. The molecule has 188 valence electrons. The van der Waals surface area contributed by atoms with E-state index in [4.69, 9.17) is 5.11 Å². The number of anilines is 1. The molecule has 3 amide bonds. The van der Waals surface area contributed by atoms with E-state index in [2.05, 4.69) is 20.8 Å². The first-order valence-electron chi connectivity index (χ1n) is 12.2. The van der Waals surface area contributed by atoms with Crippen LogP contribution in [0.25, 0.3) is 12.2 Å². The average Bonchev–Trinajstić information content (AvgIpc) is 3.41. The third-order valence-electron chi connectivity index (χ3n) is 7.38. The molecule has 2 saturated heterocycles. The summed E-state index contributed by atoms with van der Waals surface area (Å²) in [6.07, 6.45) is 10.5. The second-order valence-electron chi connectivity index (χ2n) is 9.61. The van der Waals surface area contributed by atoms with Gasteiger partial charge >= 0.3 is 0 Å². The van der Waals surface area contributed by atoms with Crippen LogP contribution in [0.15, 0.2) is 35.4 Å². The molecule has 0 aliphatic carbocycles. The molecule has 3 aliphatic rings. The number of pyridine rings is 1. The van der Waals surface area contributed by atoms with E-state index in [-0.39, 0.29) is 17.7 Å². The Labute approximate surface area is 213 Å². The zero-order chi connectivity index (χ0) is 25.1. The maximum Gasteiger partial charge on any atom is 0.248 e. The van der Waals surface area contributed by atoms with Gasteiger partial charge in [0.15, 0.2) is 0 Å². The highest BCUT2D eigenvalue weighted by Gasteiger charge is 2.45. The molecule has 0 saturated carbocycles. The highest BCUT2D eigenvalue weighted by Crippen LogP contribution is 2.41. The van der Waals surface area contributed by atoms with Gasteiger partial charge in [0.05, 0.1) is 11.1 Å². The lowest BCUT2D eigenvalue weighted by atomic mass is 9.71. The summed E-state index contributed by atoms with van der Waals surface area (Å²) in [7, 11) is 0. The van der Waals surface area contributed by atoms with Gasteiger partial charge in [-0.2, -0.15) is 4.37 Å². The van der Waals surface area contributed by atoms with E-state index in [1.54, 1.807) is 23.2 Å². The van der Waals surface area contributed by atoms with Crippen molar-refractivity contribution in [3.05, 3.63) is 52.2 Å². The van der Waals surface area contributed by atoms with Crippen LogP contribution in [0.2, 0.25) is 0 Å². The number of carbonyl (C=O) groups is 3. The van der Waals surface area contributed by atoms with Crippen molar-refractivity contribution >= 4 is 47.2 Å². The van der Waals surface area contributed by atoms with Crippen LogP contribution in [-0.4, -0.2) is 74.8 Å². The lowest BCUT2D eigenvalue weighted by molar-refractivity contribution is -0.140. The fraction of sp³-hybridized carbons (Fsp3) is 0.423. The standard InChI is InChI=1S/C26H29N5O4S/c32-17-23(34)31-10-6-26(7-11-31)15-20-13-19(16-27-24(20)28-25(26)35)1-2-22(33)30-8-3-18(4-9-30)14-21-5-12-36-29-21/h1-2,5,12-14,16,32H,3-4,6-11,15,17H2,(H,27,28,35)/b2-1+. The van der Waals surface area contributed by atoms with Crippen LogP contribution >= 0.6 is 11.5 Å². The van der Waals surface area contributed by atoms with E-state index in [1.165, 1.54) is 17.1 Å². The van der Waals surface area contributed by atoms with Crippen molar-refractivity contribution in [1.29, 1.82) is 0 Å². The van der Waals surface area contributed by atoms with Gasteiger partial charge in [-0.3, -0.25) is 14.4 Å². The summed E-state index contributed by atoms with van der Waals surface area (Å²) in [5.41, 5.74) is 3.45. The fourth-order valence-corrected chi connectivity index (χ4v) is 5.67. The second kappa shape index (κ2) is 10.3. The van der Waals surface area contributed by atoms with Crippen molar-refractivity contribution in [2.24, 2.45) is 5.41 Å². The highest BCUT2D eigenvalue weighted by atomic mass is 32.1. The zero-order valence-corrected chi connectivity index (χ0v) is 20.8. The molecule has 2 aromatic heterocycles. The number of likely N-dealkylation sites (tertiary alicyclic amines) is 2. The van der Waals surface area contributed by atoms with Gasteiger partial charge in [-0.15, -0.1) is 0 Å². The summed E-state index contributed by atoms with van der Waals surface area (Å²) in [6, 6.07) is 3.97. The van der Waals surface area contributed by atoms with E-state index < -0.39 is 12.0 Å². The van der Waals surface area contributed by atoms with Crippen LogP contribution < -0.4 is 5.32 Å². The number of nitrogens with zero attached hydrogens (tertiary/aromatic N) is 4. The van der Waals surface area contributed by atoms with Gasteiger partial charge in [-0.05, 0) is 79.0 Å². The third kappa shape index (κ3) is 5.10. The molecule has 2 N–H and O–H groups in total. The maximum absolute atomic E-state index is 12.9. The number of piperidine rings is 2. The van der Waals surface area contributed by atoms with Crippen LogP contribution in [0, 0.1) is 5.41 Å². The number of rotatable bonds is 4. The molecule has 1 spiro atoms. The first kappa shape index (κ1) is 24.3. The SMILES string of the molecule is O=C(/C=C/c1cnc2c(c1)CC1(CCN(C(=O)CO)CC1)C(=O)N2)N1CCC(=Cc2ccsn2)CC1. The Kier molecular flexibility index (Phi) is 6.97. The first-order chi connectivity index (χ1) is 17.5. The van der Waals surface area contributed by atoms with Gasteiger partial charge in [0.2, 0.25) is 17.7 Å². The van der Waals surface area contributed by atoms with Crippen molar-refractivity contribution in [3.63, 3.8) is 0 Å². The van der Waals surface area contributed by atoms with Crippen molar-refractivity contribution < 1.29 is 19.5 Å². The Morgan fingerprint density at radius 1 is 1.17 bits per heavy atom. The predicted octanol–water partition coefficient (Wildman–Crippen LogP) is 2.35. The molecular weight excluding hydrogens is 478 g/mol. The lowest BCUT2D eigenvalue weighted by Gasteiger charge is -2.42. The number of hydrogen-bond donors (Lipinski definition) is 2. The number of carbonyl (C=O) groups excluding carboxylic acids is 3. The maximum atomic E-state index is 12.9. The summed E-state index contributed by atoms with van der Waals surface area (Å²) in [4.78, 5) is 45.3. The predicted molar refractivity (Wildman–Crippen MR) is 137 cm³/mol. The molecule has 0 unspecified atom stereocenters. The summed E-state index contributed by atoms with van der Waals surface area (Å²) in [5.74, 6) is 0.163. The van der Waals surface area contributed by atoms with Crippen LogP contribution in [0.4, 0.5) is 5.82 Å². The number of aliphatic hydroxyl groups is 1. The van der Waals surface area contributed by atoms with Crippen LogP contribution in [-0.2, 0) is 20.8 Å². The van der Waals surface area contributed by atoms with E-state index in [0.29, 0.717) is 51.3 Å². The molecule has 36 heavy (non-hydrogen) atoms. The Balaban J connectivity index is 1.21. The lowest BCUT2D eigenvalue weighted by Crippen LogP contribution is -2.51. The Bertz CT molecular complexity index is 1200. The topological polar surface area (TPSA) is 116 Å². The third-order valence-corrected chi connectivity index (χ3v) is 7.96. The molecule has 2 fully saturated rings. The Morgan fingerprint density at radius 3 is 2.64 bits per heavy atom. The summed E-state index contributed by atoms with van der Waals surface area (Å²) >= 11 is 1.44. The van der Waals surface area contributed by atoms with Crippen LogP contribution in [0.3, 0.4) is 0 Å².